The molecule has 2 aliphatic rings. The van der Waals surface area contributed by atoms with Gasteiger partial charge in [-0.05, 0) is 25.2 Å². The van der Waals surface area contributed by atoms with Gasteiger partial charge in [-0.1, -0.05) is 20.8 Å². The minimum absolute atomic E-state index is 0.0455. The number of amides is 1. The topological polar surface area (TPSA) is 64.0 Å². The minimum Gasteiger partial charge on any atom is -0.344 e. The Labute approximate surface area is 166 Å². The first-order valence-corrected chi connectivity index (χ1v) is 9.67. The number of fused-ring (bicyclic) bond motifs is 5. The second-order valence-electron chi connectivity index (χ2n) is 8.84. The number of carbonyl (C=O) groups excluding carboxylic acids is 2. The van der Waals surface area contributed by atoms with Crippen LogP contribution in [-0.4, -0.2) is 28.0 Å². The summed E-state index contributed by atoms with van der Waals surface area (Å²) in [5, 5.41) is 6.81. The fourth-order valence-electron chi connectivity index (χ4n) is 4.32. The molecule has 154 valence electrons. The summed E-state index contributed by atoms with van der Waals surface area (Å²) >= 11 is 0. The van der Waals surface area contributed by atoms with E-state index in [2.05, 4.69) is 10.4 Å². The number of halogens is 3. The van der Waals surface area contributed by atoms with Crippen molar-refractivity contribution in [3.05, 3.63) is 46.5 Å². The third kappa shape index (κ3) is 3.24. The van der Waals surface area contributed by atoms with E-state index < -0.39 is 34.5 Å². The zero-order valence-electron chi connectivity index (χ0n) is 16.5. The molecular formula is C21H22F3N3O2. The van der Waals surface area contributed by atoms with E-state index in [0.29, 0.717) is 23.4 Å². The molecule has 2 unspecified atom stereocenters. The van der Waals surface area contributed by atoms with Gasteiger partial charge in [-0.3, -0.25) is 9.59 Å². The summed E-state index contributed by atoms with van der Waals surface area (Å²) < 4.78 is 43.3. The van der Waals surface area contributed by atoms with Gasteiger partial charge in [0.25, 0.3) is 5.91 Å². The van der Waals surface area contributed by atoms with E-state index in [1.54, 1.807) is 20.8 Å². The first kappa shape index (κ1) is 19.7. The van der Waals surface area contributed by atoms with Crippen molar-refractivity contribution in [2.45, 2.75) is 51.9 Å². The molecule has 1 aromatic heterocycles. The predicted octanol–water partition coefficient (Wildman–Crippen LogP) is 4.00. The van der Waals surface area contributed by atoms with Crippen LogP contribution in [0.25, 0.3) is 5.69 Å². The summed E-state index contributed by atoms with van der Waals surface area (Å²) in [5.41, 5.74) is 0.286. The maximum Gasteiger partial charge on any atom is 0.272 e. The van der Waals surface area contributed by atoms with Crippen molar-refractivity contribution < 1.29 is 22.8 Å². The Hall–Kier alpha value is -2.64. The molecule has 8 heteroatoms. The first-order valence-electron chi connectivity index (χ1n) is 9.67. The average Bonchev–Trinajstić information content (AvgIpc) is 3.30. The van der Waals surface area contributed by atoms with Gasteiger partial charge in [-0.2, -0.15) is 5.10 Å². The molecule has 1 N–H and O–H groups in total. The Morgan fingerprint density at radius 3 is 2.38 bits per heavy atom. The van der Waals surface area contributed by atoms with E-state index in [1.165, 1.54) is 0 Å². The van der Waals surface area contributed by atoms with Crippen molar-refractivity contribution in [3.63, 3.8) is 0 Å². The van der Waals surface area contributed by atoms with Gasteiger partial charge in [-0.15, -0.1) is 0 Å². The quantitative estimate of drug-likeness (QED) is 0.836. The molecule has 0 spiro atoms. The third-order valence-electron chi connectivity index (χ3n) is 5.84. The highest BCUT2D eigenvalue weighted by Gasteiger charge is 2.44. The van der Waals surface area contributed by atoms with Gasteiger partial charge in [0.2, 0.25) is 0 Å². The Morgan fingerprint density at radius 1 is 1.14 bits per heavy atom. The van der Waals surface area contributed by atoms with Gasteiger partial charge in [0.1, 0.15) is 11.5 Å². The van der Waals surface area contributed by atoms with E-state index in [1.807, 2.05) is 0 Å². The van der Waals surface area contributed by atoms with Gasteiger partial charge in [0.05, 0.1) is 12.2 Å². The van der Waals surface area contributed by atoms with Crippen molar-refractivity contribution in [3.8, 4) is 5.69 Å². The number of hydrogen-bond acceptors (Lipinski definition) is 3. The molecule has 2 aromatic rings. The van der Waals surface area contributed by atoms with Gasteiger partial charge >= 0.3 is 0 Å². The number of aromatic nitrogens is 2. The van der Waals surface area contributed by atoms with Crippen molar-refractivity contribution in [2.75, 3.05) is 6.54 Å². The van der Waals surface area contributed by atoms with Crippen LogP contribution in [0.15, 0.2) is 12.1 Å². The molecule has 2 aliphatic carbocycles. The summed E-state index contributed by atoms with van der Waals surface area (Å²) in [4.78, 5) is 24.9. The molecule has 1 heterocycles. The Morgan fingerprint density at radius 2 is 1.76 bits per heavy atom. The van der Waals surface area contributed by atoms with E-state index in [-0.39, 0.29) is 29.9 Å². The molecule has 4 rings (SSSR count). The normalized spacial score (nSPS) is 20.1. The molecule has 2 atom stereocenters. The zero-order chi connectivity index (χ0) is 21.1. The number of hydrogen-bond donors (Lipinski definition) is 1. The summed E-state index contributed by atoms with van der Waals surface area (Å²) in [6.07, 6.45) is 2.51. The van der Waals surface area contributed by atoms with Gasteiger partial charge in [-0.25, -0.2) is 17.9 Å². The molecule has 5 nitrogen and oxygen atoms in total. The number of nitrogens with zero attached hydrogens (tertiary/aromatic N) is 2. The van der Waals surface area contributed by atoms with Gasteiger partial charge < -0.3 is 5.32 Å². The lowest BCUT2D eigenvalue weighted by atomic mass is 9.91. The number of rotatable bonds is 4. The standard InChI is InChI=1S/C21H22F3N3O2/c1-21(2,3)15(28)9-25-20(29)17-16-10-4-5-11(6-10)18(16)27(26-17)19-13(23)7-12(22)8-14(19)24/h7-8,10-11H,4-6,9H2,1-3H3,(H,25,29). The number of nitrogens with one attached hydrogen (secondary N) is 1. The van der Waals surface area contributed by atoms with Crippen LogP contribution in [0.4, 0.5) is 13.2 Å². The molecule has 2 bridgehead atoms. The molecule has 0 aliphatic heterocycles. The maximum absolute atomic E-state index is 14.4. The average molecular weight is 405 g/mol. The van der Waals surface area contributed by atoms with Crippen LogP contribution in [0.5, 0.6) is 0 Å². The minimum atomic E-state index is -1.08. The SMILES string of the molecule is CC(C)(C)C(=O)CNC(=O)c1nn(-c2c(F)cc(F)cc2F)c2c1C1CCC2C1. The van der Waals surface area contributed by atoms with Crippen molar-refractivity contribution in [1.82, 2.24) is 15.1 Å². The van der Waals surface area contributed by atoms with E-state index in [9.17, 15) is 22.8 Å². The number of ketones is 1. The lowest BCUT2D eigenvalue weighted by Gasteiger charge is -2.17. The van der Waals surface area contributed by atoms with Gasteiger partial charge in [0, 0.05) is 29.0 Å². The van der Waals surface area contributed by atoms with Crippen LogP contribution in [0.2, 0.25) is 0 Å². The first-order chi connectivity index (χ1) is 13.6. The highest BCUT2D eigenvalue weighted by Crippen LogP contribution is 2.54. The number of carbonyl (C=O) groups is 2. The lowest BCUT2D eigenvalue weighted by Crippen LogP contribution is -2.36. The molecule has 1 amide bonds. The highest BCUT2D eigenvalue weighted by atomic mass is 19.1. The fourth-order valence-corrected chi connectivity index (χ4v) is 4.32. The molecule has 1 saturated carbocycles. The maximum atomic E-state index is 14.4. The molecule has 1 aromatic carbocycles. The van der Waals surface area contributed by atoms with E-state index in [4.69, 9.17) is 0 Å². The van der Waals surface area contributed by atoms with Crippen LogP contribution in [0, 0.1) is 22.9 Å². The van der Waals surface area contributed by atoms with E-state index >= 15 is 0 Å². The van der Waals surface area contributed by atoms with Crippen molar-refractivity contribution in [2.24, 2.45) is 5.41 Å². The summed E-state index contributed by atoms with van der Waals surface area (Å²) in [5.74, 6) is -3.73. The Bertz CT molecular complexity index is 1000. The van der Waals surface area contributed by atoms with E-state index in [0.717, 1.165) is 23.9 Å². The van der Waals surface area contributed by atoms with Crippen LogP contribution in [0.3, 0.4) is 0 Å². The smallest absolute Gasteiger partial charge is 0.272 e. The second-order valence-corrected chi connectivity index (χ2v) is 8.84. The predicted molar refractivity (Wildman–Crippen MR) is 99.6 cm³/mol. The van der Waals surface area contributed by atoms with Crippen molar-refractivity contribution in [1.29, 1.82) is 0 Å². The summed E-state index contributed by atoms with van der Waals surface area (Å²) in [7, 11) is 0. The molecule has 0 saturated heterocycles. The largest absolute Gasteiger partial charge is 0.344 e. The van der Waals surface area contributed by atoms with Crippen LogP contribution in [-0.2, 0) is 4.79 Å². The zero-order valence-corrected chi connectivity index (χ0v) is 16.5. The molecule has 29 heavy (non-hydrogen) atoms. The Balaban J connectivity index is 1.75. The third-order valence-corrected chi connectivity index (χ3v) is 5.84. The fraction of sp³-hybridized carbons (Fsp3) is 0.476. The molecule has 1 fully saturated rings. The second kappa shape index (κ2) is 6.71. The van der Waals surface area contributed by atoms with Crippen LogP contribution < -0.4 is 5.32 Å². The number of benzene rings is 1. The summed E-state index contributed by atoms with van der Waals surface area (Å²) in [6, 6.07) is 1.20. The van der Waals surface area contributed by atoms with Crippen molar-refractivity contribution >= 4 is 11.7 Å². The lowest BCUT2D eigenvalue weighted by molar-refractivity contribution is -0.125. The molecular weight excluding hydrogens is 383 g/mol. The molecule has 0 radical (unpaired) electrons. The Kier molecular flexibility index (Phi) is 4.55. The monoisotopic (exact) mass is 405 g/mol. The van der Waals surface area contributed by atoms with Crippen LogP contribution in [0.1, 0.15) is 73.6 Å². The summed E-state index contributed by atoms with van der Waals surface area (Å²) in [6.45, 7) is 5.12. The highest BCUT2D eigenvalue weighted by molar-refractivity contribution is 5.98. The number of Topliss-reactive ketones (excluding diaryl/α,β-unsaturated/α-hetero) is 1. The van der Waals surface area contributed by atoms with Crippen LogP contribution >= 0.6 is 0 Å². The van der Waals surface area contributed by atoms with Gasteiger partial charge in [0.15, 0.2) is 23.1 Å².